The van der Waals surface area contributed by atoms with Crippen LogP contribution in [0.25, 0.3) is 20.8 Å². The molecule has 0 saturated heterocycles. The summed E-state index contributed by atoms with van der Waals surface area (Å²) in [6, 6.07) is 14.7. The number of hydrogen-bond acceptors (Lipinski definition) is 4. The summed E-state index contributed by atoms with van der Waals surface area (Å²) in [4.78, 5) is 17.1. The molecule has 1 aliphatic carbocycles. The van der Waals surface area contributed by atoms with Crippen LogP contribution in [0.4, 0.5) is 5.69 Å². The smallest absolute Gasteiger partial charge is 0.238 e. The van der Waals surface area contributed by atoms with Crippen molar-refractivity contribution in [3.8, 4) is 10.6 Å². The third-order valence-electron chi connectivity index (χ3n) is 6.19. The van der Waals surface area contributed by atoms with E-state index in [1.807, 2.05) is 24.3 Å². The van der Waals surface area contributed by atoms with Crippen LogP contribution in [-0.4, -0.2) is 23.5 Å². The quantitative estimate of drug-likeness (QED) is 0.577. The van der Waals surface area contributed by atoms with Crippen LogP contribution in [0.2, 0.25) is 0 Å². The fourth-order valence-electron chi connectivity index (χ4n) is 4.15. The van der Waals surface area contributed by atoms with E-state index in [4.69, 9.17) is 4.98 Å². The Balaban J connectivity index is 1.35. The van der Waals surface area contributed by atoms with E-state index in [2.05, 4.69) is 49.6 Å². The highest BCUT2D eigenvalue weighted by molar-refractivity contribution is 7.21. The van der Waals surface area contributed by atoms with Crippen molar-refractivity contribution in [1.82, 2.24) is 10.3 Å². The number of amides is 1. The number of carbonyl (C=O) groups excluding carboxylic acids is 1. The fraction of sp³-hybridized carbons (Fsp3) is 0.417. The lowest BCUT2D eigenvalue weighted by molar-refractivity contribution is -0.115. The van der Waals surface area contributed by atoms with Gasteiger partial charge in [-0.3, -0.25) is 4.79 Å². The summed E-state index contributed by atoms with van der Waals surface area (Å²) in [7, 11) is 0. The number of carbonyl (C=O) groups is 1. The van der Waals surface area contributed by atoms with Crippen LogP contribution in [0.15, 0.2) is 42.5 Å². The van der Waals surface area contributed by atoms with Gasteiger partial charge in [-0.15, -0.1) is 11.3 Å². The van der Waals surface area contributed by atoms with Gasteiger partial charge < -0.3 is 10.6 Å². The van der Waals surface area contributed by atoms with Gasteiger partial charge in [0.25, 0.3) is 0 Å². The van der Waals surface area contributed by atoms with Crippen LogP contribution in [0.5, 0.6) is 0 Å². The van der Waals surface area contributed by atoms with Gasteiger partial charge in [0.2, 0.25) is 5.91 Å². The molecule has 0 spiro atoms. The van der Waals surface area contributed by atoms with Crippen molar-refractivity contribution >= 4 is 33.1 Å². The minimum absolute atomic E-state index is 0.0126. The molecule has 4 rings (SSSR count). The Morgan fingerprint density at radius 3 is 2.72 bits per heavy atom. The van der Waals surface area contributed by atoms with Crippen LogP contribution in [0, 0.1) is 18.8 Å². The Morgan fingerprint density at radius 2 is 1.93 bits per heavy atom. The van der Waals surface area contributed by atoms with Crippen molar-refractivity contribution in [2.45, 2.75) is 46.1 Å². The lowest BCUT2D eigenvalue weighted by Crippen LogP contribution is -2.43. The highest BCUT2D eigenvalue weighted by Gasteiger charge is 2.26. The number of nitrogens with zero attached hydrogens (tertiary/aromatic N) is 1. The summed E-state index contributed by atoms with van der Waals surface area (Å²) in [5, 5.41) is 7.47. The molecule has 0 bridgehead atoms. The van der Waals surface area contributed by atoms with Crippen molar-refractivity contribution in [3.63, 3.8) is 0 Å². The molecule has 2 N–H and O–H groups in total. The average molecular weight is 408 g/mol. The van der Waals surface area contributed by atoms with Gasteiger partial charge in [0.1, 0.15) is 5.01 Å². The van der Waals surface area contributed by atoms with Gasteiger partial charge in [-0.05, 0) is 67.1 Å². The van der Waals surface area contributed by atoms with Gasteiger partial charge in [-0.25, -0.2) is 4.98 Å². The van der Waals surface area contributed by atoms with Crippen LogP contribution >= 0.6 is 11.3 Å². The van der Waals surface area contributed by atoms with Crippen molar-refractivity contribution < 1.29 is 4.79 Å². The van der Waals surface area contributed by atoms with Crippen molar-refractivity contribution in [2.75, 3.05) is 11.9 Å². The summed E-state index contributed by atoms with van der Waals surface area (Å²) < 4.78 is 1.20. The number of nitrogens with one attached hydrogen (secondary N) is 2. The molecule has 1 aliphatic rings. The Bertz CT molecular complexity index is 995. The monoisotopic (exact) mass is 407 g/mol. The second kappa shape index (κ2) is 8.64. The lowest BCUT2D eigenvalue weighted by atomic mass is 9.78. The topological polar surface area (TPSA) is 54.0 Å². The normalized spacial score (nSPS) is 22.0. The minimum atomic E-state index is 0.0126. The molecule has 0 aliphatic heterocycles. The third-order valence-corrected chi connectivity index (χ3v) is 7.26. The summed E-state index contributed by atoms with van der Waals surface area (Å²) in [5.41, 5.74) is 4.18. The molecule has 2 aromatic carbocycles. The number of anilines is 1. The van der Waals surface area contributed by atoms with Crippen molar-refractivity contribution in [3.05, 3.63) is 48.0 Å². The largest absolute Gasteiger partial charge is 0.325 e. The third kappa shape index (κ3) is 4.68. The van der Waals surface area contributed by atoms with Gasteiger partial charge in [-0.1, -0.05) is 32.8 Å². The van der Waals surface area contributed by atoms with E-state index in [0.29, 0.717) is 18.5 Å². The molecule has 3 atom stereocenters. The summed E-state index contributed by atoms with van der Waals surface area (Å²) in [5.74, 6) is 1.36. The molecule has 1 saturated carbocycles. The summed E-state index contributed by atoms with van der Waals surface area (Å²) in [6.45, 7) is 7.07. The SMILES string of the molecule is Cc1ccc2nc(-c3ccc(NC(=O)CN[C@H]4CCC[C@H](C)[C@@H]4C)cc3)sc2c1. The predicted octanol–water partition coefficient (Wildman–Crippen LogP) is 5.62. The predicted molar refractivity (Wildman–Crippen MR) is 122 cm³/mol. The zero-order valence-corrected chi connectivity index (χ0v) is 18.2. The molecule has 1 aromatic heterocycles. The Morgan fingerprint density at radius 1 is 1.14 bits per heavy atom. The molecule has 5 heteroatoms. The standard InChI is InChI=1S/C24H29N3OS/c1-15-7-12-21-22(13-15)29-24(27-21)18-8-10-19(11-9-18)26-23(28)14-25-20-6-4-5-16(2)17(20)3/h7-13,16-17,20,25H,4-6,14H2,1-3H3,(H,26,28)/t16-,17-,20-/m0/s1. The second-order valence-electron chi connectivity index (χ2n) is 8.37. The van der Waals surface area contributed by atoms with Gasteiger partial charge in [0, 0.05) is 17.3 Å². The fourth-order valence-corrected chi connectivity index (χ4v) is 5.22. The highest BCUT2D eigenvalue weighted by atomic mass is 32.1. The van der Waals surface area contributed by atoms with E-state index in [9.17, 15) is 4.79 Å². The molecule has 1 fully saturated rings. The second-order valence-corrected chi connectivity index (χ2v) is 9.40. The molecular weight excluding hydrogens is 378 g/mol. The van der Waals surface area contributed by atoms with Gasteiger partial charge in [-0.2, -0.15) is 0 Å². The minimum Gasteiger partial charge on any atom is -0.325 e. The molecule has 152 valence electrons. The van der Waals surface area contributed by atoms with Crippen LogP contribution in [0.3, 0.4) is 0 Å². The maximum atomic E-state index is 12.4. The Kier molecular flexibility index (Phi) is 5.97. The lowest BCUT2D eigenvalue weighted by Gasteiger charge is -2.34. The zero-order chi connectivity index (χ0) is 20.4. The van der Waals surface area contributed by atoms with Crippen molar-refractivity contribution in [2.24, 2.45) is 11.8 Å². The van der Waals surface area contributed by atoms with Gasteiger partial charge >= 0.3 is 0 Å². The first-order chi connectivity index (χ1) is 14.0. The van der Waals surface area contributed by atoms with Crippen LogP contribution < -0.4 is 10.6 Å². The van der Waals surface area contributed by atoms with E-state index in [-0.39, 0.29) is 5.91 Å². The van der Waals surface area contributed by atoms with E-state index in [0.717, 1.165) is 34.1 Å². The van der Waals surface area contributed by atoms with Crippen LogP contribution in [-0.2, 0) is 4.79 Å². The molecule has 0 radical (unpaired) electrons. The molecule has 0 unspecified atom stereocenters. The number of aryl methyl sites for hydroxylation is 1. The van der Waals surface area contributed by atoms with Gasteiger partial charge in [0.15, 0.2) is 0 Å². The average Bonchev–Trinajstić information content (AvgIpc) is 3.13. The van der Waals surface area contributed by atoms with E-state index in [1.165, 1.54) is 23.1 Å². The first kappa shape index (κ1) is 20.0. The number of benzene rings is 2. The maximum Gasteiger partial charge on any atom is 0.238 e. The Labute approximate surface area is 176 Å². The van der Waals surface area contributed by atoms with Gasteiger partial charge in [0.05, 0.1) is 16.8 Å². The first-order valence-electron chi connectivity index (χ1n) is 10.5. The molecule has 4 nitrogen and oxygen atoms in total. The van der Waals surface area contributed by atoms with Crippen molar-refractivity contribution in [1.29, 1.82) is 0 Å². The number of thiazole rings is 1. The number of rotatable bonds is 5. The zero-order valence-electron chi connectivity index (χ0n) is 17.4. The van der Waals surface area contributed by atoms with E-state index >= 15 is 0 Å². The molecule has 29 heavy (non-hydrogen) atoms. The number of fused-ring (bicyclic) bond motifs is 1. The number of aromatic nitrogens is 1. The van der Waals surface area contributed by atoms with E-state index in [1.54, 1.807) is 11.3 Å². The highest BCUT2D eigenvalue weighted by Crippen LogP contribution is 2.31. The first-order valence-corrected chi connectivity index (χ1v) is 11.3. The summed E-state index contributed by atoms with van der Waals surface area (Å²) >= 11 is 1.70. The van der Waals surface area contributed by atoms with Crippen LogP contribution in [0.1, 0.15) is 38.7 Å². The molecule has 3 aromatic rings. The maximum absolute atomic E-state index is 12.4. The van der Waals surface area contributed by atoms with E-state index < -0.39 is 0 Å². The molecular formula is C24H29N3OS. The summed E-state index contributed by atoms with van der Waals surface area (Å²) in [6.07, 6.45) is 3.71. The molecule has 1 amide bonds. The molecule has 1 heterocycles. The Hall–Kier alpha value is -2.24. The number of hydrogen-bond donors (Lipinski definition) is 2.